The number of nitrogens with one attached hydrogen (secondary N) is 2. The van der Waals surface area contributed by atoms with E-state index < -0.39 is 0 Å². The number of aromatic amines is 1. The fourth-order valence-electron chi connectivity index (χ4n) is 5.49. The van der Waals surface area contributed by atoms with Gasteiger partial charge in [0.15, 0.2) is 0 Å². The molecule has 3 saturated carbocycles. The largest absolute Gasteiger partial charge is 0.507 e. The monoisotopic (exact) mass is 403 g/mol. The SMILES string of the molecule is Oc1cc(-c2cn[nH]c2)ccc1-c1cnc(N2CCC(NC34CCC(C3)C4)C2)nn1. The van der Waals surface area contributed by atoms with Crippen LogP contribution < -0.4 is 10.2 Å². The highest BCUT2D eigenvalue weighted by atomic mass is 16.3. The molecule has 1 saturated heterocycles. The van der Waals surface area contributed by atoms with Crippen LogP contribution in [0.15, 0.2) is 36.8 Å². The lowest BCUT2D eigenvalue weighted by Crippen LogP contribution is -2.54. The third-order valence-electron chi connectivity index (χ3n) is 7.03. The van der Waals surface area contributed by atoms with Crippen LogP contribution in [0.5, 0.6) is 5.75 Å². The molecule has 0 spiro atoms. The van der Waals surface area contributed by atoms with Crippen LogP contribution in [0.25, 0.3) is 22.4 Å². The minimum absolute atomic E-state index is 0.151. The van der Waals surface area contributed by atoms with Gasteiger partial charge >= 0.3 is 0 Å². The summed E-state index contributed by atoms with van der Waals surface area (Å²) in [5, 5.41) is 29.8. The van der Waals surface area contributed by atoms with Gasteiger partial charge in [-0.05, 0) is 55.7 Å². The van der Waals surface area contributed by atoms with E-state index in [4.69, 9.17) is 0 Å². The second-order valence-corrected chi connectivity index (χ2v) is 9.03. The standard InChI is InChI=1S/C22H25N7O/c30-20-7-15(16-10-24-25-11-16)1-2-18(20)19-12-23-21(28-27-19)29-6-4-17(13-29)26-22-5-3-14(8-22)9-22/h1-2,7,10-12,14,17,26,30H,3-6,8-9,13H2,(H,24,25). The Morgan fingerprint density at radius 3 is 2.77 bits per heavy atom. The summed E-state index contributed by atoms with van der Waals surface area (Å²) < 4.78 is 0. The first-order chi connectivity index (χ1) is 14.7. The first kappa shape index (κ1) is 17.8. The molecular formula is C22H25N7O. The lowest BCUT2D eigenvalue weighted by Gasteiger charge is -2.41. The van der Waals surface area contributed by atoms with Crippen molar-refractivity contribution in [2.45, 2.75) is 43.7 Å². The summed E-state index contributed by atoms with van der Waals surface area (Å²) in [6.45, 7) is 1.88. The van der Waals surface area contributed by atoms with E-state index in [1.807, 2.05) is 12.1 Å². The van der Waals surface area contributed by atoms with E-state index in [0.717, 1.165) is 36.6 Å². The summed E-state index contributed by atoms with van der Waals surface area (Å²) in [7, 11) is 0. The lowest BCUT2D eigenvalue weighted by molar-refractivity contribution is 0.173. The number of phenolic OH excluding ortho intramolecular Hbond substituents is 1. The molecular weight excluding hydrogens is 378 g/mol. The van der Waals surface area contributed by atoms with E-state index in [9.17, 15) is 5.11 Å². The van der Waals surface area contributed by atoms with Crippen molar-refractivity contribution in [3.05, 3.63) is 36.8 Å². The van der Waals surface area contributed by atoms with E-state index >= 15 is 0 Å². The number of H-pyrrole nitrogens is 1. The van der Waals surface area contributed by atoms with Crippen LogP contribution in [-0.2, 0) is 0 Å². The quantitative estimate of drug-likeness (QED) is 0.602. The van der Waals surface area contributed by atoms with Gasteiger partial charge in [0, 0.05) is 42.0 Å². The smallest absolute Gasteiger partial charge is 0.245 e. The molecule has 1 unspecified atom stereocenters. The molecule has 0 radical (unpaired) electrons. The fourth-order valence-corrected chi connectivity index (χ4v) is 5.49. The number of benzene rings is 1. The Bertz CT molecular complexity index is 1040. The molecule has 8 nitrogen and oxygen atoms in total. The van der Waals surface area contributed by atoms with Crippen molar-refractivity contribution < 1.29 is 5.11 Å². The number of phenols is 1. The van der Waals surface area contributed by atoms with Crippen molar-refractivity contribution in [3.8, 4) is 28.1 Å². The summed E-state index contributed by atoms with van der Waals surface area (Å²) in [6.07, 6.45) is 11.8. The summed E-state index contributed by atoms with van der Waals surface area (Å²) in [4.78, 5) is 6.75. The molecule has 3 aliphatic carbocycles. The fraction of sp³-hybridized carbons (Fsp3) is 0.455. The Morgan fingerprint density at radius 1 is 1.13 bits per heavy atom. The van der Waals surface area contributed by atoms with E-state index in [1.54, 1.807) is 24.7 Å². The van der Waals surface area contributed by atoms with Crippen LogP contribution in [0.1, 0.15) is 32.1 Å². The van der Waals surface area contributed by atoms with Gasteiger partial charge in [0.1, 0.15) is 11.4 Å². The lowest BCUT2D eigenvalue weighted by atomic mass is 9.76. The molecule has 1 atom stereocenters. The molecule has 7 rings (SSSR count). The molecule has 2 bridgehead atoms. The van der Waals surface area contributed by atoms with Crippen molar-refractivity contribution in [2.24, 2.45) is 5.92 Å². The average Bonchev–Trinajstić information content (AvgIpc) is 3.53. The highest BCUT2D eigenvalue weighted by Crippen LogP contribution is 2.52. The molecule has 3 heterocycles. The van der Waals surface area contributed by atoms with E-state index in [-0.39, 0.29) is 5.75 Å². The second-order valence-electron chi connectivity index (χ2n) is 9.03. The first-order valence-corrected chi connectivity index (χ1v) is 10.7. The summed E-state index contributed by atoms with van der Waals surface area (Å²) >= 11 is 0. The van der Waals surface area contributed by atoms with Crippen LogP contribution in [0.2, 0.25) is 0 Å². The molecule has 2 aromatic heterocycles. The van der Waals surface area contributed by atoms with E-state index in [0.29, 0.717) is 28.8 Å². The predicted molar refractivity (Wildman–Crippen MR) is 113 cm³/mol. The van der Waals surface area contributed by atoms with Crippen LogP contribution in [0.3, 0.4) is 0 Å². The highest BCUT2D eigenvalue weighted by Gasteiger charge is 2.51. The van der Waals surface area contributed by atoms with Crippen LogP contribution in [0.4, 0.5) is 5.95 Å². The number of nitrogens with zero attached hydrogens (tertiary/aromatic N) is 5. The zero-order valence-corrected chi connectivity index (χ0v) is 16.8. The third-order valence-corrected chi connectivity index (χ3v) is 7.03. The Hall–Kier alpha value is -3.00. The van der Waals surface area contributed by atoms with Crippen molar-refractivity contribution in [3.63, 3.8) is 0 Å². The van der Waals surface area contributed by atoms with E-state index in [1.165, 1.54) is 25.7 Å². The van der Waals surface area contributed by atoms with Crippen LogP contribution >= 0.6 is 0 Å². The number of hydrogen-bond acceptors (Lipinski definition) is 7. The molecule has 154 valence electrons. The van der Waals surface area contributed by atoms with Gasteiger partial charge in [-0.1, -0.05) is 6.07 Å². The van der Waals surface area contributed by atoms with Crippen molar-refractivity contribution in [1.82, 2.24) is 30.7 Å². The molecule has 1 aliphatic heterocycles. The Kier molecular flexibility index (Phi) is 4.02. The van der Waals surface area contributed by atoms with Gasteiger partial charge in [-0.3, -0.25) is 5.10 Å². The molecule has 3 N–H and O–H groups in total. The zero-order valence-electron chi connectivity index (χ0n) is 16.8. The second kappa shape index (κ2) is 6.77. The molecule has 3 aromatic rings. The number of fused-ring (bicyclic) bond motifs is 1. The summed E-state index contributed by atoms with van der Waals surface area (Å²) in [5.74, 6) is 1.78. The number of anilines is 1. The van der Waals surface area contributed by atoms with Crippen molar-refractivity contribution in [2.75, 3.05) is 18.0 Å². The van der Waals surface area contributed by atoms with Gasteiger partial charge in [0.05, 0.1) is 12.4 Å². The average molecular weight is 403 g/mol. The minimum Gasteiger partial charge on any atom is -0.507 e. The minimum atomic E-state index is 0.151. The van der Waals surface area contributed by atoms with Crippen molar-refractivity contribution in [1.29, 1.82) is 0 Å². The summed E-state index contributed by atoms with van der Waals surface area (Å²) in [6, 6.07) is 5.98. The third kappa shape index (κ3) is 3.02. The zero-order chi connectivity index (χ0) is 20.1. The van der Waals surface area contributed by atoms with Gasteiger partial charge in [0.2, 0.25) is 5.95 Å². The van der Waals surface area contributed by atoms with Gasteiger partial charge in [-0.2, -0.15) is 5.10 Å². The van der Waals surface area contributed by atoms with Gasteiger partial charge in [-0.15, -0.1) is 10.2 Å². The molecule has 8 heteroatoms. The molecule has 0 amide bonds. The number of aromatic nitrogens is 5. The Labute approximate surface area is 174 Å². The first-order valence-electron chi connectivity index (χ1n) is 10.7. The molecule has 4 fully saturated rings. The van der Waals surface area contributed by atoms with Crippen LogP contribution in [0, 0.1) is 5.92 Å². The van der Waals surface area contributed by atoms with Crippen molar-refractivity contribution >= 4 is 5.95 Å². The van der Waals surface area contributed by atoms with Crippen LogP contribution in [-0.4, -0.2) is 55.2 Å². The highest BCUT2D eigenvalue weighted by molar-refractivity contribution is 5.73. The summed E-state index contributed by atoms with van der Waals surface area (Å²) in [5.41, 5.74) is 3.42. The molecule has 1 aromatic carbocycles. The van der Waals surface area contributed by atoms with E-state index in [2.05, 4.69) is 35.6 Å². The maximum Gasteiger partial charge on any atom is 0.245 e. The molecule has 30 heavy (non-hydrogen) atoms. The Balaban J connectivity index is 1.14. The van der Waals surface area contributed by atoms with Gasteiger partial charge < -0.3 is 15.3 Å². The number of aromatic hydroxyl groups is 1. The maximum absolute atomic E-state index is 10.5. The molecule has 4 aliphatic rings. The normalized spacial score (nSPS) is 27.4. The van der Waals surface area contributed by atoms with Gasteiger partial charge in [0.25, 0.3) is 0 Å². The van der Waals surface area contributed by atoms with Gasteiger partial charge in [-0.25, -0.2) is 4.98 Å². The maximum atomic E-state index is 10.5. The predicted octanol–water partition coefficient (Wildman–Crippen LogP) is 2.75. The number of hydrogen-bond donors (Lipinski definition) is 3. The number of rotatable bonds is 5. The topological polar surface area (TPSA) is 103 Å². The Morgan fingerprint density at radius 2 is 2.07 bits per heavy atom.